The molecule has 0 saturated carbocycles. The molecule has 0 aromatic rings. The maximum atomic E-state index is 11.4. The van der Waals surface area contributed by atoms with E-state index in [2.05, 4.69) is 4.90 Å². The van der Waals surface area contributed by atoms with E-state index in [9.17, 15) is 9.90 Å². The van der Waals surface area contributed by atoms with Crippen LogP contribution in [0.4, 0.5) is 0 Å². The summed E-state index contributed by atoms with van der Waals surface area (Å²) in [5, 5.41) is 9.42. The van der Waals surface area contributed by atoms with Gasteiger partial charge >= 0.3 is 5.97 Å². The van der Waals surface area contributed by atoms with E-state index < -0.39 is 11.5 Å². The highest BCUT2D eigenvalue weighted by molar-refractivity contribution is 7.99. The number of thioether (sulfide) groups is 1. The van der Waals surface area contributed by atoms with Crippen molar-refractivity contribution in [1.82, 2.24) is 4.90 Å². The number of aliphatic carboxylic acids is 1. The fourth-order valence-corrected chi connectivity index (χ4v) is 3.20. The number of carbonyl (C=O) groups is 1. The van der Waals surface area contributed by atoms with Gasteiger partial charge in [-0.2, -0.15) is 11.8 Å². The summed E-state index contributed by atoms with van der Waals surface area (Å²) in [5.74, 6) is 1.58. The summed E-state index contributed by atoms with van der Waals surface area (Å²) in [5.41, 5.74) is -0.620. The first-order chi connectivity index (χ1) is 7.17. The van der Waals surface area contributed by atoms with Crippen molar-refractivity contribution in [3.63, 3.8) is 0 Å². The van der Waals surface area contributed by atoms with E-state index in [1.165, 1.54) is 5.75 Å². The second-order valence-corrected chi connectivity index (χ2v) is 5.22. The average molecular weight is 231 g/mol. The predicted octanol–water partition coefficient (Wildman–Crippen LogP) is 2.07. The number of nitrogens with zero attached hydrogens (tertiary/aromatic N) is 1. The van der Waals surface area contributed by atoms with Crippen LogP contribution in [0, 0.1) is 0 Å². The summed E-state index contributed by atoms with van der Waals surface area (Å²) >= 11 is 1.93. The zero-order valence-electron chi connectivity index (χ0n) is 9.66. The van der Waals surface area contributed by atoms with Crippen LogP contribution in [0.15, 0.2) is 0 Å². The maximum Gasteiger partial charge on any atom is 0.324 e. The van der Waals surface area contributed by atoms with Crippen LogP contribution in [0.5, 0.6) is 0 Å². The van der Waals surface area contributed by atoms with Crippen LogP contribution >= 0.6 is 11.8 Å². The molecule has 0 aromatic heterocycles. The lowest BCUT2D eigenvalue weighted by Crippen LogP contribution is -2.54. The Bertz CT molecular complexity index is 209. The molecule has 1 heterocycles. The Kier molecular flexibility index (Phi) is 4.93. The van der Waals surface area contributed by atoms with Crippen LogP contribution in [0.25, 0.3) is 0 Å². The van der Waals surface area contributed by atoms with Gasteiger partial charge in [-0.3, -0.25) is 9.69 Å². The third kappa shape index (κ3) is 2.67. The molecule has 0 bridgehead atoms. The Morgan fingerprint density at radius 2 is 2.00 bits per heavy atom. The molecule has 15 heavy (non-hydrogen) atoms. The minimum atomic E-state index is -0.653. The van der Waals surface area contributed by atoms with Gasteiger partial charge in [-0.05, 0) is 25.0 Å². The minimum absolute atomic E-state index is 0.620. The Labute approximate surface area is 96.2 Å². The molecular formula is C11H21NO2S. The normalized spacial score (nSPS) is 19.9. The molecule has 0 aromatic carbocycles. The Morgan fingerprint density at radius 1 is 1.33 bits per heavy atom. The Morgan fingerprint density at radius 3 is 2.53 bits per heavy atom. The largest absolute Gasteiger partial charge is 0.480 e. The topological polar surface area (TPSA) is 40.5 Å². The quantitative estimate of drug-likeness (QED) is 0.804. The van der Waals surface area contributed by atoms with Crippen LogP contribution in [0.1, 0.15) is 33.1 Å². The van der Waals surface area contributed by atoms with E-state index in [-0.39, 0.29) is 0 Å². The lowest BCUT2D eigenvalue weighted by Gasteiger charge is -2.38. The van der Waals surface area contributed by atoms with Crippen molar-refractivity contribution in [2.24, 2.45) is 0 Å². The van der Waals surface area contributed by atoms with E-state index in [1.807, 2.05) is 25.6 Å². The number of hydrogen-bond donors (Lipinski definition) is 1. The zero-order valence-corrected chi connectivity index (χ0v) is 10.5. The maximum absolute atomic E-state index is 11.4. The van der Waals surface area contributed by atoms with Gasteiger partial charge in [0.25, 0.3) is 0 Å². The fraction of sp³-hybridized carbons (Fsp3) is 0.909. The molecule has 1 aliphatic heterocycles. The predicted molar refractivity (Wildman–Crippen MR) is 64.5 cm³/mol. The van der Waals surface area contributed by atoms with Gasteiger partial charge in [0.2, 0.25) is 0 Å². The molecular weight excluding hydrogens is 210 g/mol. The first-order valence-electron chi connectivity index (χ1n) is 5.73. The monoisotopic (exact) mass is 231 g/mol. The van der Waals surface area contributed by atoms with Gasteiger partial charge in [-0.15, -0.1) is 0 Å². The Balaban J connectivity index is 2.81. The Hall–Kier alpha value is -0.220. The second-order valence-electron chi connectivity index (χ2n) is 4.00. The van der Waals surface area contributed by atoms with E-state index in [4.69, 9.17) is 0 Å². The highest BCUT2D eigenvalue weighted by Gasteiger charge is 2.40. The van der Waals surface area contributed by atoms with E-state index in [0.717, 1.165) is 25.3 Å². The zero-order chi connectivity index (χ0) is 11.3. The van der Waals surface area contributed by atoms with Crippen molar-refractivity contribution in [2.45, 2.75) is 38.6 Å². The molecule has 88 valence electrons. The van der Waals surface area contributed by atoms with Crippen molar-refractivity contribution in [2.75, 3.05) is 24.6 Å². The van der Waals surface area contributed by atoms with Crippen molar-refractivity contribution in [3.8, 4) is 0 Å². The summed E-state index contributed by atoms with van der Waals surface area (Å²) in [7, 11) is 0. The highest BCUT2D eigenvalue weighted by atomic mass is 32.2. The van der Waals surface area contributed by atoms with Crippen molar-refractivity contribution in [1.29, 1.82) is 0 Å². The third-order valence-electron chi connectivity index (χ3n) is 3.40. The summed E-state index contributed by atoms with van der Waals surface area (Å²) < 4.78 is 0. The molecule has 4 heteroatoms. The smallest absolute Gasteiger partial charge is 0.324 e. The molecule has 0 radical (unpaired) electrons. The SMILES string of the molecule is CCC(CC)(C(=O)O)N1CCCSCC1. The molecule has 0 amide bonds. The van der Waals surface area contributed by atoms with Crippen LogP contribution in [-0.2, 0) is 4.79 Å². The first kappa shape index (κ1) is 12.8. The van der Waals surface area contributed by atoms with Gasteiger partial charge < -0.3 is 5.11 Å². The number of carboxylic acid groups (broad SMARTS) is 1. The summed E-state index contributed by atoms with van der Waals surface area (Å²) in [6, 6.07) is 0. The fourth-order valence-electron chi connectivity index (χ4n) is 2.31. The molecule has 1 rings (SSSR count). The van der Waals surface area contributed by atoms with Gasteiger partial charge in [0, 0.05) is 18.8 Å². The van der Waals surface area contributed by atoms with Gasteiger partial charge in [-0.1, -0.05) is 13.8 Å². The molecule has 0 spiro atoms. The van der Waals surface area contributed by atoms with Gasteiger partial charge in [-0.25, -0.2) is 0 Å². The van der Waals surface area contributed by atoms with E-state index >= 15 is 0 Å². The van der Waals surface area contributed by atoms with Gasteiger partial charge in [0.05, 0.1) is 0 Å². The molecule has 1 saturated heterocycles. The van der Waals surface area contributed by atoms with Gasteiger partial charge in [0.1, 0.15) is 5.54 Å². The van der Waals surface area contributed by atoms with Crippen molar-refractivity contribution >= 4 is 17.7 Å². The van der Waals surface area contributed by atoms with E-state index in [1.54, 1.807) is 0 Å². The molecule has 0 atom stereocenters. The molecule has 0 unspecified atom stereocenters. The van der Waals surface area contributed by atoms with Gasteiger partial charge in [0.15, 0.2) is 0 Å². The highest BCUT2D eigenvalue weighted by Crippen LogP contribution is 2.27. The average Bonchev–Trinajstić information content (AvgIpc) is 2.49. The molecule has 0 aliphatic carbocycles. The van der Waals surface area contributed by atoms with Crippen molar-refractivity contribution < 1.29 is 9.90 Å². The van der Waals surface area contributed by atoms with Crippen LogP contribution in [-0.4, -0.2) is 46.1 Å². The third-order valence-corrected chi connectivity index (χ3v) is 4.44. The molecule has 1 fully saturated rings. The van der Waals surface area contributed by atoms with Crippen LogP contribution in [0.3, 0.4) is 0 Å². The lowest BCUT2D eigenvalue weighted by molar-refractivity contribution is -0.152. The number of carboxylic acids is 1. The summed E-state index contributed by atoms with van der Waals surface area (Å²) in [6.45, 7) is 5.81. The lowest BCUT2D eigenvalue weighted by atomic mass is 9.90. The standard InChI is InChI=1S/C11H21NO2S/c1-3-11(4-2,10(13)14)12-6-5-8-15-9-7-12/h3-9H2,1-2H3,(H,13,14). The molecule has 1 N–H and O–H groups in total. The summed E-state index contributed by atoms with van der Waals surface area (Å²) in [4.78, 5) is 13.6. The van der Waals surface area contributed by atoms with Crippen LogP contribution in [0.2, 0.25) is 0 Å². The van der Waals surface area contributed by atoms with E-state index in [0.29, 0.717) is 12.8 Å². The molecule has 1 aliphatic rings. The molecule has 3 nitrogen and oxygen atoms in total. The number of rotatable bonds is 4. The van der Waals surface area contributed by atoms with Crippen molar-refractivity contribution in [3.05, 3.63) is 0 Å². The number of hydrogen-bond acceptors (Lipinski definition) is 3. The summed E-state index contributed by atoms with van der Waals surface area (Å²) in [6.07, 6.45) is 2.51. The minimum Gasteiger partial charge on any atom is -0.480 e. The second kappa shape index (κ2) is 5.75. The van der Waals surface area contributed by atoms with Crippen LogP contribution < -0.4 is 0 Å². The first-order valence-corrected chi connectivity index (χ1v) is 6.89.